The van der Waals surface area contributed by atoms with Crippen LogP contribution in [0, 0.1) is 0 Å². The van der Waals surface area contributed by atoms with Crippen molar-refractivity contribution >= 4 is 38.9 Å². The monoisotopic (exact) mass is 840 g/mol. The van der Waals surface area contributed by atoms with Crippen LogP contribution in [0.25, 0.3) is 72.0 Å². The van der Waals surface area contributed by atoms with Crippen molar-refractivity contribution < 1.29 is 0 Å². The summed E-state index contributed by atoms with van der Waals surface area (Å²) in [5, 5.41) is 2.54. The predicted octanol–water partition coefficient (Wildman–Crippen LogP) is 16.6. The minimum Gasteiger partial charge on any atom is -0.310 e. The van der Waals surface area contributed by atoms with Gasteiger partial charge in [-0.1, -0.05) is 208 Å². The van der Waals surface area contributed by atoms with Gasteiger partial charge in [0.25, 0.3) is 0 Å². The Morgan fingerprint density at radius 3 is 1.67 bits per heavy atom. The van der Waals surface area contributed by atoms with E-state index in [4.69, 9.17) is 0 Å². The molecule has 310 valence electrons. The maximum absolute atomic E-state index is 2.60. The molecular formula is C64H44N2. The minimum absolute atomic E-state index is 0.159. The van der Waals surface area contributed by atoms with Gasteiger partial charge >= 0.3 is 0 Å². The van der Waals surface area contributed by atoms with E-state index in [1.165, 1.54) is 105 Å². The van der Waals surface area contributed by atoms with E-state index in [1.807, 2.05) is 0 Å². The number of aromatic nitrogens is 1. The van der Waals surface area contributed by atoms with Crippen molar-refractivity contribution in [2.75, 3.05) is 4.90 Å². The number of hydrogen-bond acceptors (Lipinski definition) is 1. The summed E-state index contributed by atoms with van der Waals surface area (Å²) in [5.74, 6) is 0. The zero-order valence-electron chi connectivity index (χ0n) is 36.8. The molecule has 2 nitrogen and oxygen atoms in total. The van der Waals surface area contributed by atoms with Crippen molar-refractivity contribution in [3.05, 3.63) is 264 Å². The highest BCUT2D eigenvalue weighted by molar-refractivity contribution is 6.14. The van der Waals surface area contributed by atoms with E-state index in [-0.39, 0.29) is 5.41 Å². The van der Waals surface area contributed by atoms with Gasteiger partial charge in [0.2, 0.25) is 0 Å². The summed E-state index contributed by atoms with van der Waals surface area (Å²) in [6, 6.07) is 86.4. The van der Waals surface area contributed by atoms with Crippen molar-refractivity contribution in [2.24, 2.45) is 0 Å². The highest BCUT2D eigenvalue weighted by Crippen LogP contribution is 2.62. The van der Waals surface area contributed by atoms with Crippen LogP contribution >= 0.6 is 0 Å². The molecule has 3 aliphatic rings. The Bertz CT molecular complexity index is 3760. The smallest absolute Gasteiger partial charge is 0.0754 e. The zero-order chi connectivity index (χ0) is 43.7. The maximum atomic E-state index is 2.60. The third-order valence-electron chi connectivity index (χ3n) is 15.2. The van der Waals surface area contributed by atoms with Gasteiger partial charge in [-0.25, -0.2) is 0 Å². The van der Waals surface area contributed by atoms with Crippen molar-refractivity contribution in [1.82, 2.24) is 4.57 Å². The van der Waals surface area contributed by atoms with Crippen LogP contribution in [0.5, 0.6) is 0 Å². The van der Waals surface area contributed by atoms with Crippen molar-refractivity contribution in [3.8, 4) is 50.2 Å². The molecule has 0 fully saturated rings. The van der Waals surface area contributed by atoms with Crippen LogP contribution in [0.2, 0.25) is 0 Å². The molecule has 1 aromatic heterocycles. The molecule has 2 heteroatoms. The molecule has 2 heterocycles. The summed E-state index contributed by atoms with van der Waals surface area (Å²) >= 11 is 0. The van der Waals surface area contributed by atoms with Gasteiger partial charge in [-0.3, -0.25) is 0 Å². The Hall–Kier alpha value is -8.20. The fourth-order valence-corrected chi connectivity index (χ4v) is 12.4. The van der Waals surface area contributed by atoms with Crippen molar-refractivity contribution in [3.63, 3.8) is 0 Å². The van der Waals surface area contributed by atoms with Crippen molar-refractivity contribution in [1.29, 1.82) is 0 Å². The number of anilines is 3. The third-order valence-corrected chi connectivity index (χ3v) is 15.2. The molecular weight excluding hydrogens is 797 g/mol. The van der Waals surface area contributed by atoms with E-state index in [0.29, 0.717) is 0 Å². The fourth-order valence-electron chi connectivity index (χ4n) is 12.4. The number of hydrogen-bond donors (Lipinski definition) is 0. The number of rotatable bonds is 5. The molecule has 0 amide bonds. The van der Waals surface area contributed by atoms with Crippen LogP contribution < -0.4 is 4.90 Å². The number of para-hydroxylation sites is 4. The van der Waals surface area contributed by atoms with Gasteiger partial charge in [0.15, 0.2) is 0 Å². The molecule has 66 heavy (non-hydrogen) atoms. The quantitative estimate of drug-likeness (QED) is 0.168. The Morgan fingerprint density at radius 2 is 0.879 bits per heavy atom. The standard InChI is InChI=1S/C64H44N2/c1-63(2)53-30-11-6-23-45(53)48-38-37-44(40-58(48)63)65(43-22-16-21-42(39-43)41-19-4-3-5-20-41)59-35-14-9-26-49(59)51-28-17-33-56-61(51)66-60-36-15-10-27-50(60)52-29-18-34-57(62(52)66)64(56)54-31-12-7-24-46(54)47-25-8-13-32-55(47)64/h3-40H,1-2H3. The second kappa shape index (κ2) is 13.7. The van der Waals surface area contributed by atoms with Crippen LogP contribution in [-0.2, 0) is 10.8 Å². The first-order valence-corrected chi connectivity index (χ1v) is 23.2. The van der Waals surface area contributed by atoms with Crippen LogP contribution in [0.4, 0.5) is 17.1 Å². The summed E-state index contributed by atoms with van der Waals surface area (Å²) in [4.78, 5) is 2.51. The molecule has 10 aromatic carbocycles. The lowest BCUT2D eigenvalue weighted by atomic mass is 9.65. The molecule has 14 rings (SSSR count). The van der Waals surface area contributed by atoms with E-state index in [1.54, 1.807) is 0 Å². The topological polar surface area (TPSA) is 8.17 Å². The Kier molecular flexibility index (Phi) is 7.70. The van der Waals surface area contributed by atoms with Crippen LogP contribution in [0.15, 0.2) is 231 Å². The molecule has 2 aliphatic carbocycles. The van der Waals surface area contributed by atoms with Gasteiger partial charge in [-0.15, -0.1) is 0 Å². The SMILES string of the molecule is CC1(C)c2ccccc2-c2ccc(N(c3cccc(-c4ccccc4)c3)c3ccccc3-c3cccc4c3-n3c5ccccc5c5cccc(c53)C43c4ccccc4-c4ccccc43)cc21. The number of nitrogens with zero attached hydrogens (tertiary/aromatic N) is 2. The summed E-state index contributed by atoms with van der Waals surface area (Å²) in [7, 11) is 0. The molecule has 0 bridgehead atoms. The van der Waals surface area contributed by atoms with Crippen LogP contribution in [0.3, 0.4) is 0 Å². The second-order valence-electron chi connectivity index (χ2n) is 18.8. The third kappa shape index (κ3) is 4.85. The van der Waals surface area contributed by atoms with Gasteiger partial charge in [0, 0.05) is 38.7 Å². The number of fused-ring (bicyclic) bond motifs is 15. The summed E-state index contributed by atoms with van der Waals surface area (Å²) in [5.41, 5.74) is 24.4. The molecule has 0 saturated carbocycles. The lowest BCUT2D eigenvalue weighted by Crippen LogP contribution is -2.33. The second-order valence-corrected chi connectivity index (χ2v) is 18.8. The molecule has 1 spiro atoms. The normalized spacial score (nSPS) is 14.2. The van der Waals surface area contributed by atoms with E-state index >= 15 is 0 Å². The Morgan fingerprint density at radius 1 is 0.348 bits per heavy atom. The minimum atomic E-state index is -0.540. The van der Waals surface area contributed by atoms with E-state index in [0.717, 1.165) is 17.1 Å². The fraction of sp³-hybridized carbons (Fsp3) is 0.0625. The Labute approximate surface area is 385 Å². The molecule has 0 radical (unpaired) electrons. The average Bonchev–Trinajstić information content (AvgIpc) is 3.95. The number of benzene rings is 10. The first kappa shape index (κ1) is 37.2. The van der Waals surface area contributed by atoms with Gasteiger partial charge in [-0.2, -0.15) is 0 Å². The van der Waals surface area contributed by atoms with E-state index in [2.05, 4.69) is 254 Å². The highest BCUT2D eigenvalue weighted by atomic mass is 15.1. The lowest BCUT2D eigenvalue weighted by molar-refractivity contribution is 0.660. The lowest BCUT2D eigenvalue weighted by Gasteiger charge is -2.40. The summed E-state index contributed by atoms with van der Waals surface area (Å²) in [6.45, 7) is 4.75. The van der Waals surface area contributed by atoms with Gasteiger partial charge in [-0.05, 0) is 103 Å². The Balaban J connectivity index is 1.08. The molecule has 11 aromatic rings. The van der Waals surface area contributed by atoms with Gasteiger partial charge < -0.3 is 9.47 Å². The van der Waals surface area contributed by atoms with Crippen LogP contribution in [-0.4, -0.2) is 4.57 Å². The van der Waals surface area contributed by atoms with Gasteiger partial charge in [0.1, 0.15) is 0 Å². The summed E-state index contributed by atoms with van der Waals surface area (Å²) in [6.07, 6.45) is 0. The van der Waals surface area contributed by atoms with Crippen molar-refractivity contribution in [2.45, 2.75) is 24.7 Å². The predicted molar refractivity (Wildman–Crippen MR) is 275 cm³/mol. The molecule has 0 unspecified atom stereocenters. The maximum Gasteiger partial charge on any atom is 0.0754 e. The average molecular weight is 841 g/mol. The van der Waals surface area contributed by atoms with E-state index < -0.39 is 5.41 Å². The summed E-state index contributed by atoms with van der Waals surface area (Å²) < 4.78 is 2.60. The molecule has 0 atom stereocenters. The first-order valence-electron chi connectivity index (χ1n) is 23.2. The van der Waals surface area contributed by atoms with Gasteiger partial charge in [0.05, 0.1) is 27.8 Å². The first-order chi connectivity index (χ1) is 32.5. The molecule has 0 saturated heterocycles. The zero-order valence-corrected chi connectivity index (χ0v) is 36.8. The van der Waals surface area contributed by atoms with Crippen LogP contribution in [0.1, 0.15) is 47.2 Å². The largest absolute Gasteiger partial charge is 0.310 e. The van der Waals surface area contributed by atoms with E-state index in [9.17, 15) is 0 Å². The molecule has 0 N–H and O–H groups in total. The molecule has 1 aliphatic heterocycles. The highest BCUT2D eigenvalue weighted by Gasteiger charge is 2.51.